The summed E-state index contributed by atoms with van der Waals surface area (Å²) >= 11 is 0. The number of carbonyl (C=O) groups excluding carboxylic acids is 1. The van der Waals surface area contributed by atoms with Crippen molar-refractivity contribution in [2.75, 3.05) is 20.0 Å². The van der Waals surface area contributed by atoms with E-state index < -0.39 is 15.9 Å². The van der Waals surface area contributed by atoms with Gasteiger partial charge in [0.25, 0.3) is 5.91 Å². The van der Waals surface area contributed by atoms with Crippen LogP contribution in [-0.4, -0.2) is 44.3 Å². The summed E-state index contributed by atoms with van der Waals surface area (Å²) in [6, 6.07) is 11.5. The molecule has 0 bridgehead atoms. The zero-order chi connectivity index (χ0) is 24.0. The Labute approximate surface area is 192 Å². The number of benzene rings is 1. The van der Waals surface area contributed by atoms with Crippen molar-refractivity contribution in [1.82, 2.24) is 14.7 Å². The minimum Gasteiger partial charge on any atom is -0.481 e. The molecule has 0 unspecified atom stereocenters. The van der Waals surface area contributed by atoms with Gasteiger partial charge in [-0.25, -0.2) is 23.1 Å². The molecule has 3 rings (SSSR count). The first-order valence-electron chi connectivity index (χ1n) is 10.1. The van der Waals surface area contributed by atoms with E-state index in [0.717, 1.165) is 6.26 Å². The summed E-state index contributed by atoms with van der Waals surface area (Å²) in [5.41, 5.74) is 1.18. The fraction of sp³-hybridized carbons (Fsp3) is 0.261. The number of sulfonamides is 1. The number of hydrogen-bond donors (Lipinski definition) is 1. The van der Waals surface area contributed by atoms with Gasteiger partial charge < -0.3 is 14.2 Å². The van der Waals surface area contributed by atoms with Crippen molar-refractivity contribution in [3.8, 4) is 34.4 Å². The molecule has 174 valence electrons. The van der Waals surface area contributed by atoms with Crippen molar-refractivity contribution >= 4 is 15.9 Å². The number of methoxy groups -OCH3 is 1. The third-order valence-electron chi connectivity index (χ3n) is 4.28. The first-order valence-corrected chi connectivity index (χ1v) is 12.0. The van der Waals surface area contributed by atoms with Gasteiger partial charge in [0.1, 0.15) is 11.5 Å². The Kier molecular flexibility index (Phi) is 7.49. The van der Waals surface area contributed by atoms with Gasteiger partial charge in [-0.1, -0.05) is 13.8 Å². The van der Waals surface area contributed by atoms with Gasteiger partial charge >= 0.3 is 0 Å². The van der Waals surface area contributed by atoms with E-state index in [1.165, 1.54) is 25.4 Å². The van der Waals surface area contributed by atoms with Crippen molar-refractivity contribution in [3.05, 3.63) is 60.4 Å². The highest BCUT2D eigenvalue weighted by Crippen LogP contribution is 2.38. The lowest BCUT2D eigenvalue weighted by atomic mass is 10.0. The van der Waals surface area contributed by atoms with Crippen LogP contribution in [0.2, 0.25) is 0 Å². The number of pyridine rings is 2. The molecule has 1 aromatic carbocycles. The van der Waals surface area contributed by atoms with Crippen LogP contribution >= 0.6 is 0 Å². The molecule has 0 saturated heterocycles. The highest BCUT2D eigenvalue weighted by molar-refractivity contribution is 7.89. The SMILES string of the molecule is COc1ncccc1-c1cc(C(=O)NS(C)(=O)=O)ccc1Oc1ccc(OCC(C)C)nc1. The number of hydrogen-bond acceptors (Lipinski definition) is 8. The second kappa shape index (κ2) is 10.3. The first kappa shape index (κ1) is 24.0. The molecular weight excluding hydrogens is 446 g/mol. The van der Waals surface area contributed by atoms with Crippen molar-refractivity contribution in [2.45, 2.75) is 13.8 Å². The van der Waals surface area contributed by atoms with Crippen LogP contribution in [0, 0.1) is 5.92 Å². The number of nitrogens with one attached hydrogen (secondary N) is 1. The largest absolute Gasteiger partial charge is 0.481 e. The van der Waals surface area contributed by atoms with Crippen LogP contribution in [-0.2, 0) is 10.0 Å². The molecular formula is C23H25N3O6S. The lowest BCUT2D eigenvalue weighted by Crippen LogP contribution is -2.29. The lowest BCUT2D eigenvalue weighted by Gasteiger charge is -2.15. The van der Waals surface area contributed by atoms with Crippen molar-refractivity contribution in [1.29, 1.82) is 0 Å². The third kappa shape index (κ3) is 6.66. The van der Waals surface area contributed by atoms with Crippen molar-refractivity contribution in [3.63, 3.8) is 0 Å². The predicted molar refractivity (Wildman–Crippen MR) is 123 cm³/mol. The van der Waals surface area contributed by atoms with Crippen LogP contribution in [0.5, 0.6) is 23.3 Å². The van der Waals surface area contributed by atoms with Gasteiger partial charge in [-0.15, -0.1) is 0 Å². The van der Waals surface area contributed by atoms with Crippen LogP contribution in [0.25, 0.3) is 11.1 Å². The summed E-state index contributed by atoms with van der Waals surface area (Å²) in [4.78, 5) is 20.9. The van der Waals surface area contributed by atoms with Crippen LogP contribution in [0.1, 0.15) is 24.2 Å². The van der Waals surface area contributed by atoms with E-state index in [9.17, 15) is 13.2 Å². The van der Waals surface area contributed by atoms with Gasteiger partial charge in [0.15, 0.2) is 0 Å². The van der Waals surface area contributed by atoms with Crippen molar-refractivity contribution in [2.24, 2.45) is 5.92 Å². The maximum absolute atomic E-state index is 12.4. The molecule has 1 amide bonds. The summed E-state index contributed by atoms with van der Waals surface area (Å²) in [7, 11) is -2.24. The number of rotatable bonds is 9. The minimum atomic E-state index is -3.72. The van der Waals surface area contributed by atoms with Gasteiger partial charge in [-0.2, -0.15) is 0 Å². The quantitative estimate of drug-likeness (QED) is 0.502. The molecule has 0 saturated carbocycles. The van der Waals surface area contributed by atoms with Crippen LogP contribution in [0.3, 0.4) is 0 Å². The van der Waals surface area contributed by atoms with E-state index in [2.05, 4.69) is 9.97 Å². The lowest BCUT2D eigenvalue weighted by molar-refractivity contribution is 0.0981. The fourth-order valence-electron chi connectivity index (χ4n) is 2.85. The van der Waals surface area contributed by atoms with Crippen LogP contribution in [0.4, 0.5) is 0 Å². The summed E-state index contributed by atoms with van der Waals surface area (Å²) in [6.07, 6.45) is 4.02. The normalized spacial score (nSPS) is 11.2. The molecule has 0 radical (unpaired) electrons. The van der Waals surface area contributed by atoms with E-state index in [1.54, 1.807) is 36.5 Å². The van der Waals surface area contributed by atoms with E-state index in [-0.39, 0.29) is 5.56 Å². The second-order valence-corrected chi connectivity index (χ2v) is 9.36. The average Bonchev–Trinajstić information content (AvgIpc) is 2.77. The predicted octanol–water partition coefficient (Wildman–Crippen LogP) is 3.67. The van der Waals surface area contributed by atoms with E-state index in [1.807, 2.05) is 18.6 Å². The first-order chi connectivity index (χ1) is 15.7. The Morgan fingerprint density at radius 3 is 2.52 bits per heavy atom. The van der Waals surface area contributed by atoms with Gasteiger partial charge in [-0.3, -0.25) is 4.79 Å². The van der Waals surface area contributed by atoms with E-state index in [4.69, 9.17) is 14.2 Å². The second-order valence-electron chi connectivity index (χ2n) is 7.61. The summed E-state index contributed by atoms with van der Waals surface area (Å²) < 4.78 is 41.9. The molecule has 0 aliphatic heterocycles. The molecule has 0 spiro atoms. The van der Waals surface area contributed by atoms with Gasteiger partial charge in [0.05, 0.1) is 26.2 Å². The topological polar surface area (TPSA) is 117 Å². The molecule has 3 aromatic rings. The number of ether oxygens (including phenoxy) is 3. The molecule has 0 atom stereocenters. The molecule has 33 heavy (non-hydrogen) atoms. The molecule has 1 N–H and O–H groups in total. The Morgan fingerprint density at radius 2 is 1.88 bits per heavy atom. The highest BCUT2D eigenvalue weighted by atomic mass is 32.2. The number of nitrogens with zero attached hydrogens (tertiary/aromatic N) is 2. The molecule has 0 fully saturated rings. The maximum Gasteiger partial charge on any atom is 0.264 e. The molecule has 2 heterocycles. The van der Waals surface area contributed by atoms with Gasteiger partial charge in [-0.05, 0) is 42.3 Å². The number of amides is 1. The average molecular weight is 472 g/mol. The Balaban J connectivity index is 1.97. The number of carbonyl (C=O) groups is 1. The Hall–Kier alpha value is -3.66. The Bertz CT molecular complexity index is 1230. The fourth-order valence-corrected chi connectivity index (χ4v) is 3.30. The minimum absolute atomic E-state index is 0.129. The van der Waals surface area contributed by atoms with Gasteiger partial charge in [0.2, 0.25) is 21.8 Å². The van der Waals surface area contributed by atoms with Crippen LogP contribution in [0.15, 0.2) is 54.9 Å². The van der Waals surface area contributed by atoms with Crippen molar-refractivity contribution < 1.29 is 27.4 Å². The molecule has 0 aliphatic rings. The molecule has 2 aromatic heterocycles. The van der Waals surface area contributed by atoms with E-state index in [0.29, 0.717) is 46.9 Å². The van der Waals surface area contributed by atoms with Gasteiger partial charge in [0, 0.05) is 29.0 Å². The van der Waals surface area contributed by atoms with Crippen LogP contribution < -0.4 is 18.9 Å². The number of aromatic nitrogens is 2. The molecule has 9 nitrogen and oxygen atoms in total. The standard InChI is InChI=1S/C23H25N3O6S/c1-15(2)14-31-21-10-8-17(13-25-21)32-20-9-7-16(22(27)26-33(4,28)29)12-19(20)18-6-5-11-24-23(18)30-3/h5-13,15H,14H2,1-4H3,(H,26,27). The summed E-state index contributed by atoms with van der Waals surface area (Å²) in [5.74, 6) is 1.26. The maximum atomic E-state index is 12.4. The smallest absolute Gasteiger partial charge is 0.264 e. The summed E-state index contributed by atoms with van der Waals surface area (Å²) in [6.45, 7) is 4.65. The highest BCUT2D eigenvalue weighted by Gasteiger charge is 2.18. The molecule has 10 heteroatoms. The zero-order valence-corrected chi connectivity index (χ0v) is 19.5. The third-order valence-corrected chi connectivity index (χ3v) is 4.83. The monoisotopic (exact) mass is 471 g/mol. The Morgan fingerprint density at radius 1 is 1.09 bits per heavy atom. The van der Waals surface area contributed by atoms with E-state index >= 15 is 0 Å². The summed E-state index contributed by atoms with van der Waals surface area (Å²) in [5, 5.41) is 0. The molecule has 0 aliphatic carbocycles. The zero-order valence-electron chi connectivity index (χ0n) is 18.7.